The molecule has 99 heavy (non-hydrogen) atoms. The van der Waals surface area contributed by atoms with Crippen LogP contribution in [0, 0.1) is 41.4 Å². The zero-order chi connectivity index (χ0) is 77.0. The number of carbonyl (C=O) groups excluding carboxylic acids is 13. The van der Waals surface area contributed by atoms with Crippen LogP contribution in [0.2, 0.25) is 0 Å². The number of nitrogens with one attached hydrogen (secondary N) is 5. The zero-order valence-corrected chi connectivity index (χ0v) is 64.7. The summed E-state index contributed by atoms with van der Waals surface area (Å²) in [5, 5.41) is 11.2. The van der Waals surface area contributed by atoms with Crippen LogP contribution in [-0.4, -0.2) is 257 Å². The van der Waals surface area contributed by atoms with Crippen molar-refractivity contribution in [1.29, 1.82) is 0 Å². The minimum Gasteiger partial charge on any atom is -0.497 e. The van der Waals surface area contributed by atoms with Gasteiger partial charge in [0.05, 0.1) is 44.5 Å². The Labute approximate surface area is 590 Å². The van der Waals surface area contributed by atoms with Gasteiger partial charge in [0, 0.05) is 61.8 Å². The first-order chi connectivity index (χ1) is 45.7. The molecule has 0 aromatic rings. The Hall–Kier alpha value is -7.56. The van der Waals surface area contributed by atoms with Gasteiger partial charge in [-0.05, 0) is 106 Å². The van der Waals surface area contributed by atoms with E-state index in [4.69, 9.17) is 4.74 Å². The molecule has 0 heterocycles. The van der Waals surface area contributed by atoms with E-state index < -0.39 is 155 Å². The van der Waals surface area contributed by atoms with E-state index in [1.807, 2.05) is 69.2 Å². The molecule has 10 atom stereocenters. The Morgan fingerprint density at radius 3 is 1.33 bits per heavy atom. The number of methoxy groups -OCH3 is 1. The maximum atomic E-state index is 15.3. The van der Waals surface area contributed by atoms with E-state index in [0.29, 0.717) is 25.4 Å². The summed E-state index contributed by atoms with van der Waals surface area (Å²) >= 11 is 0. The average molecular weight is 1420 g/mol. The van der Waals surface area contributed by atoms with Crippen molar-refractivity contribution in [2.75, 3.05) is 76.3 Å². The first-order valence-electron chi connectivity index (χ1n) is 34.1. The van der Waals surface area contributed by atoms with Crippen molar-refractivity contribution < 1.29 is 75.5 Å². The number of ether oxygens (including phenoxy) is 1. The van der Waals surface area contributed by atoms with Crippen molar-refractivity contribution in [3.8, 4) is 0 Å². The second kappa shape index (κ2) is 43.2. The van der Waals surface area contributed by atoms with Gasteiger partial charge < -0.3 is 69.9 Å². The zero-order valence-electron chi connectivity index (χ0n) is 63.8. The smallest absolute Gasteiger partial charge is 0.261 e. The number of hydrogen-bond donors (Lipinski definition) is 5. The molecule has 28 nitrogen and oxygen atoms in total. The van der Waals surface area contributed by atoms with Gasteiger partial charge in [-0.3, -0.25) is 52.7 Å². The SMILES string of the molecule is C=C/C(=C\C(=C\C(=O)NS(C)(=O)=O)OC)CC(NC(=O)C(C(C)C)N(C)C(=O)C(CC(C)C)N(C)C(=O)C(CC(C)C)NC(=O)C(CC(C)C)N(C)C(=O)C(CC(C)C)N(C)C(=O)C(C)NC)C(=O)N(C)CC(=O)N(C)C(CC(C)C)C(=O)N[C@H](C=O)CC(=O)N(C)C(C=O)CC(C)C. The van der Waals surface area contributed by atoms with Crippen LogP contribution < -0.4 is 26.0 Å². The summed E-state index contributed by atoms with van der Waals surface area (Å²) in [5.41, 5.74) is 0.143. The van der Waals surface area contributed by atoms with Gasteiger partial charge in [0.25, 0.3) is 5.91 Å². The molecule has 0 aromatic heterocycles. The molecule has 0 spiro atoms. The molecule has 0 aliphatic heterocycles. The number of allylic oxidation sites excluding steroid dienone is 2. The summed E-state index contributed by atoms with van der Waals surface area (Å²) in [4.78, 5) is 190. The largest absolute Gasteiger partial charge is 0.497 e. The molecule has 0 bridgehead atoms. The van der Waals surface area contributed by atoms with Crippen LogP contribution in [0.1, 0.15) is 155 Å². The maximum absolute atomic E-state index is 15.3. The van der Waals surface area contributed by atoms with Gasteiger partial charge in [-0.15, -0.1) is 0 Å². The molecule has 564 valence electrons. The van der Waals surface area contributed by atoms with E-state index in [0.717, 1.165) is 22.1 Å². The van der Waals surface area contributed by atoms with Crippen LogP contribution in [0.3, 0.4) is 0 Å². The van der Waals surface area contributed by atoms with Gasteiger partial charge >= 0.3 is 0 Å². The van der Waals surface area contributed by atoms with Crippen molar-refractivity contribution in [1.82, 2.24) is 60.3 Å². The predicted octanol–water partition coefficient (Wildman–Crippen LogP) is 3.30. The van der Waals surface area contributed by atoms with Crippen LogP contribution in [0.15, 0.2) is 36.1 Å². The normalized spacial score (nSPS) is 15.1. The van der Waals surface area contributed by atoms with Crippen molar-refractivity contribution in [3.63, 3.8) is 0 Å². The number of sulfonamides is 1. The standard InChI is InChI=1S/C70H122N12O16S/c1-27-49(34-52(98-25)37-59(85)75-99(26,96)97)35-54(67(92)76(18)38-61(87)78(20)55(30-43(6)7)63(88)72-50(39-83)36-60(86)77(19)51(40-84)28-41(2)3)74-65(90)62(47(14)15)82(24)70(95)58(33-46(12)13)81(23)68(93)53(29-42(4)5)73-64(89)56(31-44(8)9)79(21)69(94)57(32-45(10)11)80(22)66(91)48(16)71-17/h27,34,37,39-48,50-51,53-58,62,71H,1,28-33,35-36,38H2,2-26H3,(H,72,88)(H,73,89)(H,74,90)(H,75,85)/b49-34+,52-37-/t48?,50-,51?,53?,54?,55?,56?,57?,58?,62?/m0/s1. The molecule has 29 heteroatoms. The van der Waals surface area contributed by atoms with Crippen LogP contribution in [-0.2, 0) is 77.1 Å². The molecular formula is C70H122N12O16S. The van der Waals surface area contributed by atoms with E-state index in [1.165, 1.54) is 86.0 Å². The second-order valence-corrected chi connectivity index (χ2v) is 30.7. The van der Waals surface area contributed by atoms with Crippen molar-refractivity contribution in [2.24, 2.45) is 41.4 Å². The quantitative estimate of drug-likeness (QED) is 0.0253. The minimum atomic E-state index is -4.02. The summed E-state index contributed by atoms with van der Waals surface area (Å²) in [6.07, 6.45) is 5.38. The molecule has 5 N–H and O–H groups in total. The van der Waals surface area contributed by atoms with E-state index in [9.17, 15) is 56.4 Å². The van der Waals surface area contributed by atoms with E-state index >= 15 is 14.4 Å². The molecule has 0 rings (SSSR count). The Balaban J connectivity index is 7.77. The highest BCUT2D eigenvalue weighted by Crippen LogP contribution is 2.24. The third kappa shape index (κ3) is 30.8. The Morgan fingerprint density at radius 1 is 0.475 bits per heavy atom. The number of rotatable bonds is 44. The van der Waals surface area contributed by atoms with Crippen LogP contribution in [0.25, 0.3) is 0 Å². The molecule has 0 saturated heterocycles. The van der Waals surface area contributed by atoms with Gasteiger partial charge in [0.2, 0.25) is 69.1 Å². The minimum absolute atomic E-state index is 0.0103. The lowest BCUT2D eigenvalue weighted by atomic mass is 9.95. The molecule has 0 fully saturated rings. The molecular weight excluding hydrogens is 1300 g/mol. The summed E-state index contributed by atoms with van der Waals surface area (Å²) < 4.78 is 31.0. The Bertz CT molecular complexity index is 2950. The highest BCUT2D eigenvalue weighted by molar-refractivity contribution is 7.89. The molecule has 0 saturated carbocycles. The van der Waals surface area contributed by atoms with Crippen molar-refractivity contribution >= 4 is 87.6 Å². The summed E-state index contributed by atoms with van der Waals surface area (Å²) in [6.45, 7) is 30.6. The Kier molecular flexibility index (Phi) is 39.9. The third-order valence-electron chi connectivity index (χ3n) is 16.9. The lowest BCUT2D eigenvalue weighted by molar-refractivity contribution is -0.152. The van der Waals surface area contributed by atoms with Gasteiger partial charge in [-0.2, -0.15) is 0 Å². The number of carbonyl (C=O) groups is 13. The number of hydrogen-bond acceptors (Lipinski definition) is 17. The van der Waals surface area contributed by atoms with Crippen molar-refractivity contribution in [2.45, 2.75) is 216 Å². The predicted molar refractivity (Wildman–Crippen MR) is 381 cm³/mol. The topological polar surface area (TPSA) is 348 Å². The second-order valence-electron chi connectivity index (χ2n) is 28.9. The van der Waals surface area contributed by atoms with E-state index in [-0.39, 0.29) is 78.4 Å². The molecule has 11 amide bonds. The van der Waals surface area contributed by atoms with E-state index in [1.54, 1.807) is 53.4 Å². The fourth-order valence-electron chi connectivity index (χ4n) is 11.3. The lowest BCUT2D eigenvalue weighted by Gasteiger charge is -2.39. The maximum Gasteiger partial charge on any atom is 0.261 e. The van der Waals surface area contributed by atoms with Crippen molar-refractivity contribution in [3.05, 3.63) is 36.1 Å². The summed E-state index contributed by atoms with van der Waals surface area (Å²) in [5.74, 6) is -9.22. The number of likely N-dealkylation sites (N-methyl/N-ethyl adjacent to an activating group) is 8. The number of aldehydes is 2. The average Bonchev–Trinajstić information content (AvgIpc) is 0.818. The van der Waals surface area contributed by atoms with Gasteiger partial charge in [-0.1, -0.05) is 110 Å². The third-order valence-corrected chi connectivity index (χ3v) is 17.5. The first-order valence-corrected chi connectivity index (χ1v) is 36.0. The van der Waals surface area contributed by atoms with Gasteiger partial charge in [0.1, 0.15) is 60.6 Å². The van der Waals surface area contributed by atoms with E-state index in [2.05, 4.69) is 27.8 Å². The summed E-state index contributed by atoms with van der Waals surface area (Å²) in [6, 6.07) is -11.4. The fraction of sp³-hybridized carbons (Fsp3) is 0.729. The highest BCUT2D eigenvalue weighted by atomic mass is 32.2. The number of nitrogens with zero attached hydrogens (tertiary/aromatic N) is 7. The molecule has 9 unspecified atom stereocenters. The monoisotopic (exact) mass is 1420 g/mol. The molecule has 0 aliphatic carbocycles. The van der Waals surface area contributed by atoms with Gasteiger partial charge in [0.15, 0.2) is 0 Å². The molecule has 0 aliphatic rings. The molecule has 0 aromatic carbocycles. The lowest BCUT2D eigenvalue weighted by Crippen LogP contribution is -2.61. The van der Waals surface area contributed by atoms with Crippen LogP contribution in [0.5, 0.6) is 0 Å². The van der Waals surface area contributed by atoms with Crippen LogP contribution in [0.4, 0.5) is 0 Å². The number of amides is 11. The highest BCUT2D eigenvalue weighted by Gasteiger charge is 2.43. The first kappa shape index (κ1) is 91.4. The molecule has 0 radical (unpaired) electrons. The Morgan fingerprint density at radius 2 is 0.909 bits per heavy atom. The summed E-state index contributed by atoms with van der Waals surface area (Å²) in [7, 11) is 8.71. The fourth-order valence-corrected chi connectivity index (χ4v) is 11.7. The van der Waals surface area contributed by atoms with Gasteiger partial charge in [-0.25, -0.2) is 13.1 Å². The van der Waals surface area contributed by atoms with Crippen LogP contribution >= 0.6 is 0 Å².